The lowest BCUT2D eigenvalue weighted by Gasteiger charge is -2.06. The fourth-order valence-electron chi connectivity index (χ4n) is 1.01. The Labute approximate surface area is 70.1 Å². The molecule has 0 saturated heterocycles. The zero-order valence-corrected chi connectivity index (χ0v) is 7.52. The summed E-state index contributed by atoms with van der Waals surface area (Å²) >= 11 is 0. The van der Waals surface area contributed by atoms with Crippen LogP contribution in [0.5, 0.6) is 0 Å². The topological polar surface area (TPSA) is 9.23 Å². The molecular weight excluding hydrogens is 136 g/mol. The lowest BCUT2D eigenvalue weighted by atomic mass is 10.1. The number of rotatable bonds is 6. The van der Waals surface area contributed by atoms with Crippen LogP contribution in [0.3, 0.4) is 0 Å². The molecular formula is C10H17O. The van der Waals surface area contributed by atoms with Crippen LogP contribution in [-0.2, 0) is 4.74 Å². The summed E-state index contributed by atoms with van der Waals surface area (Å²) in [7, 11) is 1.63. The molecule has 1 unspecified atom stereocenters. The van der Waals surface area contributed by atoms with Gasteiger partial charge in [-0.15, -0.1) is 0 Å². The monoisotopic (exact) mass is 153 g/mol. The van der Waals surface area contributed by atoms with Crippen LogP contribution in [-0.4, -0.2) is 13.2 Å². The Balaban J connectivity index is 3.16. The first-order valence-electron chi connectivity index (χ1n) is 4.30. The highest BCUT2D eigenvalue weighted by atomic mass is 16.5. The van der Waals surface area contributed by atoms with E-state index in [-0.39, 0.29) is 6.10 Å². The molecule has 0 saturated carbocycles. The summed E-state index contributed by atoms with van der Waals surface area (Å²) in [4.78, 5) is 0. The fourth-order valence-corrected chi connectivity index (χ4v) is 1.01. The van der Waals surface area contributed by atoms with Crippen molar-refractivity contribution in [1.82, 2.24) is 0 Å². The van der Waals surface area contributed by atoms with Gasteiger partial charge in [-0.3, -0.25) is 0 Å². The number of unbranched alkanes of at least 4 members (excludes halogenated alkanes) is 3. The van der Waals surface area contributed by atoms with Gasteiger partial charge in [-0.2, -0.15) is 0 Å². The van der Waals surface area contributed by atoms with Crippen LogP contribution in [0, 0.1) is 12.3 Å². The molecule has 1 heteroatoms. The Morgan fingerprint density at radius 2 is 2.09 bits per heavy atom. The van der Waals surface area contributed by atoms with Gasteiger partial charge in [0.1, 0.15) is 6.10 Å². The molecule has 11 heavy (non-hydrogen) atoms. The predicted octanol–water partition coefficient (Wildman–Crippen LogP) is 2.56. The van der Waals surface area contributed by atoms with E-state index in [0.717, 1.165) is 12.8 Å². The Morgan fingerprint density at radius 1 is 1.36 bits per heavy atom. The third-order valence-corrected chi connectivity index (χ3v) is 1.77. The highest BCUT2D eigenvalue weighted by Crippen LogP contribution is 2.06. The number of hydrogen-bond acceptors (Lipinski definition) is 1. The largest absolute Gasteiger partial charge is 0.369 e. The smallest absolute Gasteiger partial charge is 0.118 e. The van der Waals surface area contributed by atoms with Crippen LogP contribution in [0.4, 0.5) is 0 Å². The molecule has 0 amide bonds. The van der Waals surface area contributed by atoms with Crippen molar-refractivity contribution in [2.24, 2.45) is 0 Å². The van der Waals surface area contributed by atoms with Crippen molar-refractivity contribution in [3.63, 3.8) is 0 Å². The van der Waals surface area contributed by atoms with Gasteiger partial charge in [0.15, 0.2) is 0 Å². The summed E-state index contributed by atoms with van der Waals surface area (Å²) in [5.74, 6) is 2.36. The van der Waals surface area contributed by atoms with Gasteiger partial charge in [0.25, 0.3) is 0 Å². The highest BCUT2D eigenvalue weighted by Gasteiger charge is 2.00. The third-order valence-electron chi connectivity index (χ3n) is 1.77. The molecule has 0 fully saturated rings. The van der Waals surface area contributed by atoms with Gasteiger partial charge in [0.2, 0.25) is 0 Å². The quantitative estimate of drug-likeness (QED) is 0.421. The lowest BCUT2D eigenvalue weighted by molar-refractivity contribution is 0.138. The minimum absolute atomic E-state index is 0.0770. The molecule has 1 atom stereocenters. The fraction of sp³-hybridized carbons (Fsp3) is 0.800. The van der Waals surface area contributed by atoms with Crippen molar-refractivity contribution in [3.8, 4) is 5.92 Å². The number of hydrogen-bond donors (Lipinski definition) is 0. The first kappa shape index (κ1) is 10.5. The van der Waals surface area contributed by atoms with Gasteiger partial charge < -0.3 is 4.74 Å². The molecule has 0 aromatic heterocycles. The van der Waals surface area contributed by atoms with Gasteiger partial charge in [-0.1, -0.05) is 32.1 Å². The van der Waals surface area contributed by atoms with Crippen LogP contribution in [0.2, 0.25) is 0 Å². The molecule has 0 aliphatic carbocycles. The summed E-state index contributed by atoms with van der Waals surface area (Å²) in [5, 5.41) is 0. The summed E-state index contributed by atoms with van der Waals surface area (Å²) in [6.07, 6.45) is 12.7. The molecule has 0 spiro atoms. The Kier molecular flexibility index (Phi) is 7.29. The molecule has 0 aromatic carbocycles. The van der Waals surface area contributed by atoms with Gasteiger partial charge >= 0.3 is 0 Å². The molecule has 0 heterocycles. The van der Waals surface area contributed by atoms with Gasteiger partial charge in [-0.25, -0.2) is 0 Å². The van der Waals surface area contributed by atoms with Crippen molar-refractivity contribution in [2.75, 3.05) is 7.11 Å². The van der Waals surface area contributed by atoms with Crippen molar-refractivity contribution >= 4 is 0 Å². The minimum Gasteiger partial charge on any atom is -0.369 e. The van der Waals surface area contributed by atoms with E-state index in [1.165, 1.54) is 19.3 Å². The molecule has 0 aromatic rings. The Bertz CT molecular complexity index is 113. The molecule has 0 N–H and O–H groups in total. The standard InChI is InChI=1S/C10H17O/c1-4-6-7-8-9-10(5-2)11-3/h10H,4,6-9H2,1,3H3. The molecule has 0 rings (SSSR count). The highest BCUT2D eigenvalue weighted by molar-refractivity contribution is 4.87. The van der Waals surface area contributed by atoms with Crippen molar-refractivity contribution in [1.29, 1.82) is 0 Å². The van der Waals surface area contributed by atoms with Gasteiger partial charge in [0.05, 0.1) is 0 Å². The number of methoxy groups -OCH3 is 1. The Morgan fingerprint density at radius 3 is 2.55 bits per heavy atom. The van der Waals surface area contributed by atoms with Crippen LogP contribution in [0.15, 0.2) is 0 Å². The second-order valence-corrected chi connectivity index (χ2v) is 2.72. The molecule has 0 bridgehead atoms. The van der Waals surface area contributed by atoms with E-state index in [4.69, 9.17) is 11.2 Å². The average molecular weight is 153 g/mol. The van der Waals surface area contributed by atoms with Crippen LogP contribution in [0.25, 0.3) is 0 Å². The summed E-state index contributed by atoms with van der Waals surface area (Å²) in [6.45, 7) is 2.19. The van der Waals surface area contributed by atoms with Crippen molar-refractivity contribution in [2.45, 2.75) is 45.1 Å². The van der Waals surface area contributed by atoms with Gasteiger partial charge in [0, 0.05) is 7.11 Å². The normalized spacial score (nSPS) is 12.5. The van der Waals surface area contributed by atoms with Crippen LogP contribution in [0.1, 0.15) is 39.0 Å². The third kappa shape index (κ3) is 5.94. The Hall–Kier alpha value is -0.480. The minimum atomic E-state index is -0.0770. The first-order chi connectivity index (χ1) is 5.35. The van der Waals surface area contributed by atoms with E-state index < -0.39 is 0 Å². The second-order valence-electron chi connectivity index (χ2n) is 2.72. The van der Waals surface area contributed by atoms with E-state index in [1.807, 2.05) is 0 Å². The second kappa shape index (κ2) is 7.63. The zero-order valence-electron chi connectivity index (χ0n) is 7.52. The van der Waals surface area contributed by atoms with Crippen molar-refractivity contribution < 1.29 is 4.74 Å². The summed E-state index contributed by atoms with van der Waals surface area (Å²) in [5.41, 5.74) is 0. The van der Waals surface area contributed by atoms with Gasteiger partial charge in [-0.05, 0) is 19.3 Å². The van der Waals surface area contributed by atoms with Crippen LogP contribution >= 0.6 is 0 Å². The molecule has 0 aliphatic heterocycles. The van der Waals surface area contributed by atoms with E-state index >= 15 is 0 Å². The van der Waals surface area contributed by atoms with E-state index in [0.29, 0.717) is 0 Å². The maximum absolute atomic E-state index is 6.87. The van der Waals surface area contributed by atoms with E-state index in [1.54, 1.807) is 7.11 Å². The first-order valence-corrected chi connectivity index (χ1v) is 4.30. The molecule has 1 nitrogen and oxygen atoms in total. The average Bonchev–Trinajstić information content (AvgIpc) is 2.05. The SMILES string of the molecule is [C]#CC(CCCCCC)OC. The maximum atomic E-state index is 6.87. The zero-order chi connectivity index (χ0) is 8.53. The van der Waals surface area contributed by atoms with Crippen LogP contribution < -0.4 is 0 Å². The summed E-state index contributed by atoms with van der Waals surface area (Å²) < 4.78 is 4.98. The molecule has 63 valence electrons. The molecule has 0 aliphatic rings. The number of ether oxygens (including phenoxy) is 1. The van der Waals surface area contributed by atoms with E-state index in [2.05, 4.69) is 12.8 Å². The van der Waals surface area contributed by atoms with Crippen molar-refractivity contribution in [3.05, 3.63) is 6.42 Å². The summed E-state index contributed by atoms with van der Waals surface area (Å²) in [6, 6.07) is 0. The van der Waals surface area contributed by atoms with E-state index in [9.17, 15) is 0 Å². The maximum Gasteiger partial charge on any atom is 0.118 e. The lowest BCUT2D eigenvalue weighted by Crippen LogP contribution is -2.06. The molecule has 1 radical (unpaired) electrons. The predicted molar refractivity (Wildman–Crippen MR) is 46.7 cm³/mol.